The molecule has 22 heavy (non-hydrogen) atoms. The summed E-state index contributed by atoms with van der Waals surface area (Å²) in [7, 11) is 3.17. The van der Waals surface area contributed by atoms with Gasteiger partial charge >= 0.3 is 0 Å². The molecular weight excluding hydrogens is 282 g/mol. The minimum atomic E-state index is -0.0968. The van der Waals surface area contributed by atoms with Crippen molar-refractivity contribution in [3.05, 3.63) is 48.0 Å². The number of rotatable bonds is 4. The first kappa shape index (κ1) is 14.6. The second-order valence-corrected chi connectivity index (χ2v) is 5.21. The number of nitrogens with zero attached hydrogens (tertiary/aromatic N) is 3. The maximum atomic E-state index is 12.4. The van der Waals surface area contributed by atoms with Crippen molar-refractivity contribution in [2.24, 2.45) is 0 Å². The minimum absolute atomic E-state index is 0.0485. The fraction of sp³-hybridized carbons (Fsp3) is 0.375. The molecule has 1 aromatic carbocycles. The average Bonchev–Trinajstić information content (AvgIpc) is 3.01. The average molecular weight is 301 g/mol. The van der Waals surface area contributed by atoms with Gasteiger partial charge in [-0.1, -0.05) is 18.2 Å². The quantitative estimate of drug-likeness (QED) is 0.861. The third kappa shape index (κ3) is 2.57. The number of hydrogen-bond acceptors (Lipinski definition) is 4. The minimum Gasteiger partial charge on any atom is -0.496 e. The van der Waals surface area contributed by atoms with Gasteiger partial charge in [0.05, 0.1) is 19.7 Å². The van der Waals surface area contributed by atoms with Crippen LogP contribution < -0.4 is 4.74 Å². The normalized spacial score (nSPS) is 17.2. The standard InChI is InChI=1S/C16H19N3O3/c1-21-11-16(20)19-10-15-17-7-8-18(15)9-13(19)12-5-3-4-6-14(12)22-2/h3-8,13H,9-11H2,1-2H3. The lowest BCUT2D eigenvalue weighted by Gasteiger charge is -2.37. The number of methoxy groups -OCH3 is 2. The number of carbonyl (C=O) groups excluding carboxylic acids is 1. The summed E-state index contributed by atoms with van der Waals surface area (Å²) in [6.45, 7) is 1.19. The fourth-order valence-corrected chi connectivity index (χ4v) is 2.88. The van der Waals surface area contributed by atoms with Gasteiger partial charge in [-0.25, -0.2) is 4.98 Å². The summed E-state index contributed by atoms with van der Waals surface area (Å²) in [5.41, 5.74) is 0.994. The number of imidazole rings is 1. The first-order chi connectivity index (χ1) is 10.7. The first-order valence-electron chi connectivity index (χ1n) is 7.16. The molecule has 2 heterocycles. The van der Waals surface area contributed by atoms with Gasteiger partial charge in [-0.2, -0.15) is 0 Å². The smallest absolute Gasteiger partial charge is 0.249 e. The Balaban J connectivity index is 2.00. The molecule has 6 heteroatoms. The molecule has 116 valence electrons. The van der Waals surface area contributed by atoms with Crippen LogP contribution in [0.5, 0.6) is 5.75 Å². The summed E-state index contributed by atoms with van der Waals surface area (Å²) in [6, 6.07) is 7.70. The van der Waals surface area contributed by atoms with Crippen LogP contribution >= 0.6 is 0 Å². The van der Waals surface area contributed by atoms with Crippen LogP contribution in [0, 0.1) is 0 Å². The van der Waals surface area contributed by atoms with Crippen LogP contribution in [0.25, 0.3) is 0 Å². The fourth-order valence-electron chi connectivity index (χ4n) is 2.88. The van der Waals surface area contributed by atoms with Gasteiger partial charge in [-0.15, -0.1) is 0 Å². The predicted octanol–water partition coefficient (Wildman–Crippen LogP) is 1.62. The number of hydrogen-bond donors (Lipinski definition) is 0. The molecule has 1 aliphatic heterocycles. The van der Waals surface area contributed by atoms with Crippen molar-refractivity contribution < 1.29 is 14.3 Å². The number of aromatic nitrogens is 2. The van der Waals surface area contributed by atoms with Gasteiger partial charge in [0.15, 0.2) is 0 Å². The lowest BCUT2D eigenvalue weighted by atomic mass is 10.0. The van der Waals surface area contributed by atoms with E-state index in [9.17, 15) is 4.79 Å². The summed E-state index contributed by atoms with van der Waals surface area (Å²) in [5, 5.41) is 0. The number of amides is 1. The molecular formula is C16H19N3O3. The summed E-state index contributed by atoms with van der Waals surface area (Å²) in [6.07, 6.45) is 3.70. The van der Waals surface area contributed by atoms with E-state index in [2.05, 4.69) is 9.55 Å². The van der Waals surface area contributed by atoms with E-state index in [1.807, 2.05) is 35.4 Å². The van der Waals surface area contributed by atoms with Crippen LogP contribution in [0.2, 0.25) is 0 Å². The largest absolute Gasteiger partial charge is 0.496 e. The molecule has 1 unspecified atom stereocenters. The summed E-state index contributed by atoms with van der Waals surface area (Å²) >= 11 is 0. The number of benzene rings is 1. The van der Waals surface area contributed by atoms with Crippen LogP contribution in [0.3, 0.4) is 0 Å². The Bertz CT molecular complexity index is 668. The van der Waals surface area contributed by atoms with E-state index in [0.717, 1.165) is 17.1 Å². The molecule has 1 atom stereocenters. The molecule has 0 saturated carbocycles. The van der Waals surface area contributed by atoms with Gasteiger partial charge in [-0.3, -0.25) is 4.79 Å². The summed E-state index contributed by atoms with van der Waals surface area (Å²) < 4.78 is 12.6. The molecule has 0 radical (unpaired) electrons. The maximum Gasteiger partial charge on any atom is 0.249 e. The first-order valence-corrected chi connectivity index (χ1v) is 7.16. The SMILES string of the molecule is COCC(=O)N1Cc2nccn2CC1c1ccccc1OC. The third-order valence-electron chi connectivity index (χ3n) is 3.95. The van der Waals surface area contributed by atoms with E-state index in [0.29, 0.717) is 13.1 Å². The highest BCUT2D eigenvalue weighted by Gasteiger charge is 2.32. The van der Waals surface area contributed by atoms with Crippen molar-refractivity contribution in [2.75, 3.05) is 20.8 Å². The molecule has 0 bridgehead atoms. The Morgan fingerprint density at radius 2 is 2.18 bits per heavy atom. The van der Waals surface area contributed by atoms with E-state index in [4.69, 9.17) is 9.47 Å². The molecule has 0 spiro atoms. The zero-order valence-corrected chi connectivity index (χ0v) is 12.7. The van der Waals surface area contributed by atoms with Crippen molar-refractivity contribution in [1.82, 2.24) is 14.5 Å². The van der Waals surface area contributed by atoms with Crippen LogP contribution in [-0.2, 0) is 22.6 Å². The molecule has 0 N–H and O–H groups in total. The summed E-state index contributed by atoms with van der Waals surface area (Å²) in [5.74, 6) is 1.62. The molecule has 1 aliphatic rings. The zero-order valence-electron chi connectivity index (χ0n) is 12.7. The maximum absolute atomic E-state index is 12.4. The molecule has 3 rings (SSSR count). The van der Waals surface area contributed by atoms with Gasteiger partial charge in [0.2, 0.25) is 5.91 Å². The van der Waals surface area contributed by atoms with Crippen molar-refractivity contribution in [2.45, 2.75) is 19.1 Å². The van der Waals surface area contributed by atoms with Crippen LogP contribution in [0.1, 0.15) is 17.4 Å². The Hall–Kier alpha value is -2.34. The van der Waals surface area contributed by atoms with E-state index >= 15 is 0 Å². The Kier molecular flexibility index (Phi) is 4.11. The van der Waals surface area contributed by atoms with E-state index in [1.165, 1.54) is 7.11 Å². The molecule has 2 aromatic rings. The van der Waals surface area contributed by atoms with Crippen molar-refractivity contribution in [1.29, 1.82) is 0 Å². The summed E-state index contributed by atoms with van der Waals surface area (Å²) in [4.78, 5) is 18.6. The molecule has 0 saturated heterocycles. The van der Waals surface area contributed by atoms with Crippen molar-refractivity contribution >= 4 is 5.91 Å². The molecule has 1 aromatic heterocycles. The van der Waals surface area contributed by atoms with Crippen molar-refractivity contribution in [3.8, 4) is 5.75 Å². The van der Waals surface area contributed by atoms with E-state index < -0.39 is 0 Å². The Morgan fingerprint density at radius 1 is 1.36 bits per heavy atom. The number of fused-ring (bicyclic) bond motifs is 1. The monoisotopic (exact) mass is 301 g/mol. The van der Waals surface area contributed by atoms with E-state index in [1.54, 1.807) is 13.3 Å². The Morgan fingerprint density at radius 3 is 2.95 bits per heavy atom. The topological polar surface area (TPSA) is 56.6 Å². The second-order valence-electron chi connectivity index (χ2n) is 5.21. The second kappa shape index (κ2) is 6.19. The van der Waals surface area contributed by atoms with Crippen molar-refractivity contribution in [3.63, 3.8) is 0 Å². The third-order valence-corrected chi connectivity index (χ3v) is 3.95. The molecule has 0 aliphatic carbocycles. The highest BCUT2D eigenvalue weighted by atomic mass is 16.5. The molecule has 0 fully saturated rings. The highest BCUT2D eigenvalue weighted by molar-refractivity contribution is 5.78. The van der Waals surface area contributed by atoms with Crippen LogP contribution in [-0.4, -0.2) is 41.2 Å². The molecule has 1 amide bonds. The number of carbonyl (C=O) groups is 1. The zero-order chi connectivity index (χ0) is 15.5. The number of ether oxygens (including phenoxy) is 2. The van der Waals surface area contributed by atoms with Gasteiger partial charge in [0, 0.05) is 31.6 Å². The lowest BCUT2D eigenvalue weighted by Crippen LogP contribution is -2.42. The van der Waals surface area contributed by atoms with Gasteiger partial charge in [0.25, 0.3) is 0 Å². The number of para-hydroxylation sites is 1. The van der Waals surface area contributed by atoms with Crippen LogP contribution in [0.15, 0.2) is 36.7 Å². The van der Waals surface area contributed by atoms with Gasteiger partial charge in [0.1, 0.15) is 18.2 Å². The van der Waals surface area contributed by atoms with Gasteiger partial charge < -0.3 is 18.9 Å². The van der Waals surface area contributed by atoms with Gasteiger partial charge in [-0.05, 0) is 6.07 Å². The Labute approximate surface area is 129 Å². The highest BCUT2D eigenvalue weighted by Crippen LogP contribution is 2.34. The lowest BCUT2D eigenvalue weighted by molar-refractivity contribution is -0.139. The predicted molar refractivity (Wildman–Crippen MR) is 80.4 cm³/mol. The molecule has 6 nitrogen and oxygen atoms in total. The van der Waals surface area contributed by atoms with E-state index in [-0.39, 0.29) is 18.6 Å². The van der Waals surface area contributed by atoms with Crippen LogP contribution in [0.4, 0.5) is 0 Å².